The number of nitrogens with zero attached hydrogens (tertiary/aromatic N) is 6. The lowest BCUT2D eigenvalue weighted by Crippen LogP contribution is -2.37. The lowest BCUT2D eigenvalue weighted by atomic mass is 10.2. The van der Waals surface area contributed by atoms with Gasteiger partial charge < -0.3 is 4.57 Å². The van der Waals surface area contributed by atoms with E-state index in [2.05, 4.69) is 24.8 Å². The highest BCUT2D eigenvalue weighted by Crippen LogP contribution is 2.38. The fourth-order valence-electron chi connectivity index (χ4n) is 3.92. The van der Waals surface area contributed by atoms with Gasteiger partial charge in [-0.3, -0.25) is 9.69 Å². The maximum absolute atomic E-state index is 12.2. The lowest BCUT2D eigenvalue weighted by molar-refractivity contribution is 0.208. The second-order valence-corrected chi connectivity index (χ2v) is 7.70. The summed E-state index contributed by atoms with van der Waals surface area (Å²) in [5.41, 5.74) is 1.09. The van der Waals surface area contributed by atoms with Crippen LogP contribution in [0.3, 0.4) is 0 Å². The topological polar surface area (TPSA) is 68.8 Å². The van der Waals surface area contributed by atoms with Crippen molar-refractivity contribution in [2.45, 2.75) is 69.6 Å². The standard InChI is InChI=1S/C18H24N6O/c25-18-8-7-16(13-3-4-13)21-24(18)10-15-2-1-9-22(15)11-17-20-19-12-23(17)14-5-6-14/h7-8,12-15H,1-6,9-11H2. The third-order valence-corrected chi connectivity index (χ3v) is 5.70. The Balaban J connectivity index is 1.32. The van der Waals surface area contributed by atoms with Crippen LogP contribution < -0.4 is 5.56 Å². The van der Waals surface area contributed by atoms with E-state index in [1.807, 2.05) is 12.4 Å². The molecule has 3 fully saturated rings. The first kappa shape index (κ1) is 15.3. The summed E-state index contributed by atoms with van der Waals surface area (Å²) in [6.07, 6.45) is 9.03. The van der Waals surface area contributed by atoms with Crippen molar-refractivity contribution in [3.05, 3.63) is 40.3 Å². The summed E-state index contributed by atoms with van der Waals surface area (Å²) in [6.45, 7) is 2.55. The second kappa shape index (κ2) is 6.05. The van der Waals surface area contributed by atoms with Gasteiger partial charge in [-0.25, -0.2) is 4.68 Å². The minimum Gasteiger partial charge on any atom is -0.313 e. The van der Waals surface area contributed by atoms with E-state index in [1.165, 1.54) is 32.1 Å². The van der Waals surface area contributed by atoms with Crippen LogP contribution in [0, 0.1) is 0 Å². The molecule has 2 aliphatic carbocycles. The summed E-state index contributed by atoms with van der Waals surface area (Å²) in [6, 6.07) is 4.54. The SMILES string of the molecule is O=c1ccc(C2CC2)nn1CC1CCCN1Cc1nncn1C1CC1. The Morgan fingerprint density at radius 1 is 1.12 bits per heavy atom. The summed E-state index contributed by atoms with van der Waals surface area (Å²) in [4.78, 5) is 14.7. The van der Waals surface area contributed by atoms with Crippen molar-refractivity contribution < 1.29 is 0 Å². The molecule has 1 atom stereocenters. The molecule has 1 unspecified atom stereocenters. The molecule has 2 aromatic heterocycles. The van der Waals surface area contributed by atoms with E-state index in [9.17, 15) is 4.79 Å². The maximum atomic E-state index is 12.2. The molecule has 1 saturated heterocycles. The van der Waals surface area contributed by atoms with Gasteiger partial charge in [0.25, 0.3) is 5.56 Å². The average molecular weight is 340 g/mol. The molecule has 0 aromatic carbocycles. The van der Waals surface area contributed by atoms with Crippen molar-refractivity contribution in [2.75, 3.05) is 6.54 Å². The quantitative estimate of drug-likeness (QED) is 0.801. The van der Waals surface area contributed by atoms with Gasteiger partial charge in [-0.2, -0.15) is 5.10 Å². The predicted octanol–water partition coefficient (Wildman–Crippen LogP) is 1.71. The Hall–Kier alpha value is -2.02. The normalized spacial score (nSPS) is 24.1. The molecule has 1 aliphatic heterocycles. The van der Waals surface area contributed by atoms with E-state index in [4.69, 9.17) is 0 Å². The minimum atomic E-state index is 0.0115. The third kappa shape index (κ3) is 3.13. The number of likely N-dealkylation sites (tertiary alicyclic amines) is 1. The Labute approximate surface area is 146 Å². The van der Waals surface area contributed by atoms with Crippen LogP contribution in [0.2, 0.25) is 0 Å². The van der Waals surface area contributed by atoms with Crippen LogP contribution in [0.15, 0.2) is 23.3 Å². The minimum absolute atomic E-state index is 0.0115. The van der Waals surface area contributed by atoms with E-state index in [0.29, 0.717) is 24.5 Å². The molecule has 25 heavy (non-hydrogen) atoms. The second-order valence-electron chi connectivity index (χ2n) is 7.70. The molecule has 0 radical (unpaired) electrons. The molecule has 7 heteroatoms. The summed E-state index contributed by atoms with van der Waals surface area (Å²) >= 11 is 0. The highest BCUT2D eigenvalue weighted by molar-refractivity contribution is 5.12. The molecule has 2 saturated carbocycles. The van der Waals surface area contributed by atoms with Crippen molar-refractivity contribution in [2.24, 2.45) is 0 Å². The summed E-state index contributed by atoms with van der Waals surface area (Å²) < 4.78 is 3.91. The van der Waals surface area contributed by atoms with E-state index in [1.54, 1.807) is 10.7 Å². The maximum Gasteiger partial charge on any atom is 0.266 e. The fraction of sp³-hybridized carbons (Fsp3) is 0.667. The largest absolute Gasteiger partial charge is 0.313 e. The van der Waals surface area contributed by atoms with Crippen molar-refractivity contribution in [3.8, 4) is 0 Å². The number of aromatic nitrogens is 5. The van der Waals surface area contributed by atoms with Crippen molar-refractivity contribution in [3.63, 3.8) is 0 Å². The molecule has 132 valence electrons. The van der Waals surface area contributed by atoms with E-state index in [-0.39, 0.29) is 5.56 Å². The van der Waals surface area contributed by atoms with Crippen LogP contribution >= 0.6 is 0 Å². The highest BCUT2D eigenvalue weighted by atomic mass is 16.1. The van der Waals surface area contributed by atoms with Crippen LogP contribution in [-0.2, 0) is 13.1 Å². The first-order valence-corrected chi connectivity index (χ1v) is 9.48. The van der Waals surface area contributed by atoms with Gasteiger partial charge in [-0.1, -0.05) is 0 Å². The van der Waals surface area contributed by atoms with E-state index < -0.39 is 0 Å². The first-order chi connectivity index (χ1) is 12.3. The van der Waals surface area contributed by atoms with Gasteiger partial charge >= 0.3 is 0 Å². The number of hydrogen-bond acceptors (Lipinski definition) is 5. The highest BCUT2D eigenvalue weighted by Gasteiger charge is 2.31. The van der Waals surface area contributed by atoms with Gasteiger partial charge in [0.2, 0.25) is 0 Å². The van der Waals surface area contributed by atoms with Gasteiger partial charge in [0, 0.05) is 24.1 Å². The van der Waals surface area contributed by atoms with Crippen LogP contribution in [0.5, 0.6) is 0 Å². The van der Waals surface area contributed by atoms with Gasteiger partial charge in [-0.15, -0.1) is 10.2 Å². The molecule has 7 nitrogen and oxygen atoms in total. The summed E-state index contributed by atoms with van der Waals surface area (Å²) in [5, 5.41) is 13.1. The molecule has 0 N–H and O–H groups in total. The Morgan fingerprint density at radius 2 is 2.00 bits per heavy atom. The molecule has 3 heterocycles. The molecule has 2 aromatic rings. The van der Waals surface area contributed by atoms with Gasteiger partial charge in [0.15, 0.2) is 0 Å². The predicted molar refractivity (Wildman–Crippen MR) is 92.2 cm³/mol. The Kier molecular flexibility index (Phi) is 3.69. The van der Waals surface area contributed by atoms with Crippen molar-refractivity contribution in [1.82, 2.24) is 29.4 Å². The third-order valence-electron chi connectivity index (χ3n) is 5.70. The monoisotopic (exact) mass is 340 g/mol. The van der Waals surface area contributed by atoms with Gasteiger partial charge in [0.05, 0.1) is 18.8 Å². The number of rotatable bonds is 6. The van der Waals surface area contributed by atoms with Crippen LogP contribution in [0.1, 0.15) is 62.0 Å². The fourth-order valence-corrected chi connectivity index (χ4v) is 3.92. The summed E-state index contributed by atoms with van der Waals surface area (Å²) in [5.74, 6) is 1.63. The van der Waals surface area contributed by atoms with E-state index >= 15 is 0 Å². The molecular formula is C18H24N6O. The van der Waals surface area contributed by atoms with E-state index in [0.717, 1.165) is 31.0 Å². The van der Waals surface area contributed by atoms with Gasteiger partial charge in [0.1, 0.15) is 12.2 Å². The Bertz CT molecular complexity index is 819. The van der Waals surface area contributed by atoms with Crippen LogP contribution in [0.4, 0.5) is 0 Å². The number of hydrogen-bond donors (Lipinski definition) is 0. The average Bonchev–Trinajstić information content (AvgIpc) is 3.54. The zero-order valence-corrected chi connectivity index (χ0v) is 14.4. The molecule has 0 bridgehead atoms. The Morgan fingerprint density at radius 3 is 2.80 bits per heavy atom. The zero-order chi connectivity index (χ0) is 16.8. The van der Waals surface area contributed by atoms with Crippen LogP contribution in [-0.4, -0.2) is 42.0 Å². The van der Waals surface area contributed by atoms with Crippen molar-refractivity contribution >= 4 is 0 Å². The zero-order valence-electron chi connectivity index (χ0n) is 14.4. The first-order valence-electron chi connectivity index (χ1n) is 9.48. The van der Waals surface area contributed by atoms with Crippen molar-refractivity contribution in [1.29, 1.82) is 0 Å². The molecular weight excluding hydrogens is 316 g/mol. The molecule has 5 rings (SSSR count). The molecule has 3 aliphatic rings. The van der Waals surface area contributed by atoms with Gasteiger partial charge in [-0.05, 0) is 51.1 Å². The summed E-state index contributed by atoms with van der Waals surface area (Å²) in [7, 11) is 0. The lowest BCUT2D eigenvalue weighted by Gasteiger charge is -2.24. The smallest absolute Gasteiger partial charge is 0.266 e. The molecule has 0 amide bonds. The molecule has 0 spiro atoms. The van der Waals surface area contributed by atoms with Crippen LogP contribution in [0.25, 0.3) is 0 Å².